The average Bonchev–Trinajstić information content (AvgIpc) is 2.29. The minimum atomic E-state index is -1.11. The van der Waals surface area contributed by atoms with Crippen molar-refractivity contribution in [2.75, 3.05) is 5.73 Å². The molecule has 0 saturated heterocycles. The van der Waals surface area contributed by atoms with Gasteiger partial charge in [-0.1, -0.05) is 12.1 Å². The molecule has 0 amide bonds. The molecule has 0 atom stereocenters. The Morgan fingerprint density at radius 1 is 1.25 bits per heavy atom. The molecule has 2 aromatic rings. The van der Waals surface area contributed by atoms with Crippen LogP contribution in [0.1, 0.15) is 10.5 Å². The maximum atomic E-state index is 10.9. The van der Waals surface area contributed by atoms with E-state index >= 15 is 0 Å². The highest BCUT2D eigenvalue weighted by atomic mass is 16.4. The fraction of sp³-hybridized carbons (Fsp3) is 0. The van der Waals surface area contributed by atoms with Crippen molar-refractivity contribution < 1.29 is 9.90 Å². The third-order valence-corrected chi connectivity index (χ3v) is 2.06. The van der Waals surface area contributed by atoms with E-state index in [4.69, 9.17) is 10.8 Å². The van der Waals surface area contributed by atoms with E-state index in [9.17, 15) is 4.79 Å². The smallest absolute Gasteiger partial charge is 0.356 e. The molecule has 80 valence electrons. The van der Waals surface area contributed by atoms with Gasteiger partial charge in [0.25, 0.3) is 0 Å². The molecule has 0 fully saturated rings. The molecule has 1 heterocycles. The Labute approximate surface area is 91.6 Å². The first-order valence-corrected chi connectivity index (χ1v) is 4.58. The summed E-state index contributed by atoms with van der Waals surface area (Å²) >= 11 is 0. The first-order chi connectivity index (χ1) is 7.68. The van der Waals surface area contributed by atoms with Gasteiger partial charge < -0.3 is 10.8 Å². The van der Waals surface area contributed by atoms with Crippen LogP contribution in [0.4, 0.5) is 5.69 Å². The molecule has 0 saturated carbocycles. The van der Waals surface area contributed by atoms with Crippen molar-refractivity contribution in [2.24, 2.45) is 0 Å². The third kappa shape index (κ3) is 1.83. The number of rotatable bonds is 2. The summed E-state index contributed by atoms with van der Waals surface area (Å²) < 4.78 is 0. The predicted molar refractivity (Wildman–Crippen MR) is 58.8 cm³/mol. The minimum Gasteiger partial charge on any atom is -0.476 e. The SMILES string of the molecule is Nc1cccc(-c2nccnc2C(=O)O)c1. The summed E-state index contributed by atoms with van der Waals surface area (Å²) in [5, 5.41) is 8.96. The molecule has 0 aliphatic carbocycles. The Hall–Kier alpha value is -2.43. The van der Waals surface area contributed by atoms with Crippen molar-refractivity contribution in [1.82, 2.24) is 9.97 Å². The molecule has 1 aromatic carbocycles. The summed E-state index contributed by atoms with van der Waals surface area (Å²) in [4.78, 5) is 18.7. The zero-order valence-corrected chi connectivity index (χ0v) is 8.29. The lowest BCUT2D eigenvalue weighted by atomic mass is 10.1. The molecule has 0 radical (unpaired) electrons. The Bertz CT molecular complexity index is 540. The summed E-state index contributed by atoms with van der Waals surface area (Å²) in [6, 6.07) is 6.87. The molecule has 5 nitrogen and oxygen atoms in total. The Kier molecular flexibility index (Phi) is 2.51. The zero-order chi connectivity index (χ0) is 11.5. The molecule has 0 aliphatic heterocycles. The maximum Gasteiger partial charge on any atom is 0.356 e. The van der Waals surface area contributed by atoms with Crippen LogP contribution < -0.4 is 5.73 Å². The van der Waals surface area contributed by atoms with Crippen LogP contribution in [0.3, 0.4) is 0 Å². The van der Waals surface area contributed by atoms with E-state index in [0.717, 1.165) is 0 Å². The van der Waals surface area contributed by atoms with Gasteiger partial charge in [-0.25, -0.2) is 9.78 Å². The molecular weight excluding hydrogens is 206 g/mol. The first kappa shape index (κ1) is 10.1. The zero-order valence-electron chi connectivity index (χ0n) is 8.29. The van der Waals surface area contributed by atoms with Crippen molar-refractivity contribution in [3.05, 3.63) is 42.4 Å². The number of anilines is 1. The summed E-state index contributed by atoms with van der Waals surface area (Å²) in [7, 11) is 0. The summed E-state index contributed by atoms with van der Waals surface area (Å²) in [5.41, 5.74) is 7.07. The largest absolute Gasteiger partial charge is 0.476 e. The standard InChI is InChI=1S/C11H9N3O2/c12-8-3-1-2-7(6-8)9-10(11(15)16)14-5-4-13-9/h1-6H,12H2,(H,15,16). The molecule has 2 rings (SSSR count). The van der Waals surface area contributed by atoms with Gasteiger partial charge in [0, 0.05) is 23.6 Å². The first-order valence-electron chi connectivity index (χ1n) is 4.58. The van der Waals surface area contributed by atoms with E-state index in [0.29, 0.717) is 16.9 Å². The Morgan fingerprint density at radius 3 is 2.69 bits per heavy atom. The van der Waals surface area contributed by atoms with Crippen LogP contribution in [-0.4, -0.2) is 21.0 Å². The minimum absolute atomic E-state index is 0.0758. The number of carbonyl (C=O) groups is 1. The van der Waals surface area contributed by atoms with E-state index < -0.39 is 5.97 Å². The van der Waals surface area contributed by atoms with E-state index in [2.05, 4.69) is 9.97 Å². The van der Waals surface area contributed by atoms with Gasteiger partial charge in [0.15, 0.2) is 5.69 Å². The van der Waals surface area contributed by atoms with Crippen LogP contribution in [0, 0.1) is 0 Å². The second-order valence-electron chi connectivity index (χ2n) is 3.18. The lowest BCUT2D eigenvalue weighted by Crippen LogP contribution is -2.04. The normalized spacial score (nSPS) is 10.0. The van der Waals surface area contributed by atoms with E-state index in [1.54, 1.807) is 24.3 Å². The van der Waals surface area contributed by atoms with Crippen molar-refractivity contribution >= 4 is 11.7 Å². The van der Waals surface area contributed by atoms with Crippen molar-refractivity contribution in [1.29, 1.82) is 0 Å². The number of hydrogen-bond donors (Lipinski definition) is 2. The lowest BCUT2D eigenvalue weighted by Gasteiger charge is -2.04. The molecule has 1 aromatic heterocycles. The monoisotopic (exact) mass is 215 g/mol. The van der Waals surface area contributed by atoms with Crippen LogP contribution in [0.25, 0.3) is 11.3 Å². The highest BCUT2D eigenvalue weighted by molar-refractivity contribution is 5.92. The van der Waals surface area contributed by atoms with Gasteiger partial charge in [0.05, 0.1) is 0 Å². The van der Waals surface area contributed by atoms with Gasteiger partial charge in [-0.2, -0.15) is 0 Å². The van der Waals surface area contributed by atoms with Crippen LogP contribution in [0.2, 0.25) is 0 Å². The van der Waals surface area contributed by atoms with Crippen LogP contribution in [0.15, 0.2) is 36.7 Å². The van der Waals surface area contributed by atoms with E-state index in [1.807, 2.05) is 0 Å². The Balaban J connectivity index is 2.60. The second-order valence-corrected chi connectivity index (χ2v) is 3.18. The van der Waals surface area contributed by atoms with E-state index in [-0.39, 0.29) is 5.69 Å². The summed E-state index contributed by atoms with van der Waals surface area (Å²) in [6.07, 6.45) is 2.80. The molecule has 5 heteroatoms. The van der Waals surface area contributed by atoms with E-state index in [1.165, 1.54) is 12.4 Å². The predicted octanol–water partition coefficient (Wildman–Crippen LogP) is 1.42. The van der Waals surface area contributed by atoms with Gasteiger partial charge in [0.2, 0.25) is 0 Å². The maximum absolute atomic E-state index is 10.9. The fourth-order valence-corrected chi connectivity index (χ4v) is 1.39. The molecule has 0 spiro atoms. The van der Waals surface area contributed by atoms with Crippen LogP contribution >= 0.6 is 0 Å². The highest BCUT2D eigenvalue weighted by Crippen LogP contribution is 2.21. The number of nitrogen functional groups attached to an aromatic ring is 1. The van der Waals surface area contributed by atoms with Gasteiger partial charge in [-0.05, 0) is 12.1 Å². The fourth-order valence-electron chi connectivity index (χ4n) is 1.39. The van der Waals surface area contributed by atoms with Gasteiger partial charge >= 0.3 is 5.97 Å². The number of nitrogens with zero attached hydrogens (tertiary/aromatic N) is 2. The third-order valence-electron chi connectivity index (χ3n) is 2.06. The Morgan fingerprint density at radius 2 is 2.00 bits per heavy atom. The van der Waals surface area contributed by atoms with Gasteiger partial charge in [-0.3, -0.25) is 4.98 Å². The van der Waals surface area contributed by atoms with Crippen molar-refractivity contribution in [3.63, 3.8) is 0 Å². The number of nitrogens with two attached hydrogens (primary N) is 1. The molecule has 3 N–H and O–H groups in total. The number of aromatic carboxylic acids is 1. The highest BCUT2D eigenvalue weighted by Gasteiger charge is 2.13. The number of aromatic nitrogens is 2. The number of carboxylic acid groups (broad SMARTS) is 1. The topological polar surface area (TPSA) is 89.1 Å². The van der Waals surface area contributed by atoms with Crippen LogP contribution in [0.5, 0.6) is 0 Å². The molecule has 0 bridgehead atoms. The molecule has 16 heavy (non-hydrogen) atoms. The van der Waals surface area contributed by atoms with Crippen molar-refractivity contribution in [3.8, 4) is 11.3 Å². The summed E-state index contributed by atoms with van der Waals surface area (Å²) in [5.74, 6) is -1.11. The quantitative estimate of drug-likeness (QED) is 0.739. The van der Waals surface area contributed by atoms with Crippen LogP contribution in [-0.2, 0) is 0 Å². The number of benzene rings is 1. The summed E-state index contributed by atoms with van der Waals surface area (Å²) in [6.45, 7) is 0. The second kappa shape index (κ2) is 3.98. The molecule has 0 aliphatic rings. The number of carboxylic acids is 1. The lowest BCUT2D eigenvalue weighted by molar-refractivity contribution is 0.0691. The molecular formula is C11H9N3O2. The number of hydrogen-bond acceptors (Lipinski definition) is 4. The molecule has 0 unspecified atom stereocenters. The van der Waals surface area contributed by atoms with Gasteiger partial charge in [0.1, 0.15) is 5.69 Å². The average molecular weight is 215 g/mol. The van der Waals surface area contributed by atoms with Crippen molar-refractivity contribution in [2.45, 2.75) is 0 Å². The van der Waals surface area contributed by atoms with Gasteiger partial charge in [-0.15, -0.1) is 0 Å².